The molecule has 2 aliphatic rings. The van der Waals surface area contributed by atoms with Gasteiger partial charge >= 0.3 is 12.0 Å². The second-order valence-electron chi connectivity index (χ2n) is 8.11. The molecular formula is C25H27N3O6. The number of esters is 1. The van der Waals surface area contributed by atoms with Crippen LogP contribution in [0.1, 0.15) is 22.7 Å². The van der Waals surface area contributed by atoms with Gasteiger partial charge in [-0.3, -0.25) is 9.69 Å². The first-order chi connectivity index (χ1) is 16.4. The Kier molecular flexibility index (Phi) is 6.72. The summed E-state index contributed by atoms with van der Waals surface area (Å²) in [6, 6.07) is 12.1. The van der Waals surface area contributed by atoms with Crippen molar-refractivity contribution in [3.63, 3.8) is 0 Å². The van der Waals surface area contributed by atoms with Gasteiger partial charge in [0, 0.05) is 6.54 Å². The smallest absolute Gasteiger partial charge is 0.338 e. The molecule has 9 nitrogen and oxygen atoms in total. The monoisotopic (exact) mass is 465 g/mol. The number of aryl methyl sites for hydroxylation is 1. The molecule has 0 spiro atoms. The van der Waals surface area contributed by atoms with Gasteiger partial charge in [0.1, 0.15) is 13.2 Å². The molecule has 0 saturated carbocycles. The lowest BCUT2D eigenvalue weighted by Crippen LogP contribution is -2.50. The summed E-state index contributed by atoms with van der Waals surface area (Å²) in [5.41, 5.74) is 3.61. The number of benzene rings is 2. The molecule has 0 fully saturated rings. The largest absolute Gasteiger partial charge is 0.493 e. The van der Waals surface area contributed by atoms with Gasteiger partial charge in [0.2, 0.25) is 5.91 Å². The topological polar surface area (TPSA) is 106 Å². The first-order valence-electron chi connectivity index (χ1n) is 10.9. The van der Waals surface area contributed by atoms with Crippen LogP contribution in [0, 0.1) is 6.92 Å². The van der Waals surface area contributed by atoms with Crippen LogP contribution in [-0.2, 0) is 20.7 Å². The Morgan fingerprint density at radius 2 is 1.85 bits per heavy atom. The molecule has 0 aromatic heterocycles. The van der Waals surface area contributed by atoms with Gasteiger partial charge in [-0.25, -0.2) is 9.59 Å². The number of nitrogens with zero attached hydrogens (tertiary/aromatic N) is 1. The standard InChI is InChI=1S/C25H27N3O6/c1-15-4-7-17(8-5-15)23-22-18(14-34-24(22)30)28(25(31)27-23)13-21(29)26-11-10-16-6-9-19(32-2)20(12-16)33-3/h4-9,12,23H,10-11,13-14H2,1-3H3,(H,26,29)(H,27,31)/t23-/m0/s1. The minimum atomic E-state index is -0.609. The zero-order valence-electron chi connectivity index (χ0n) is 19.3. The first-order valence-corrected chi connectivity index (χ1v) is 10.9. The molecule has 178 valence electrons. The van der Waals surface area contributed by atoms with Gasteiger partial charge in [-0.1, -0.05) is 35.9 Å². The normalized spacial score (nSPS) is 17.1. The molecule has 0 radical (unpaired) electrons. The van der Waals surface area contributed by atoms with E-state index in [1.165, 1.54) is 4.90 Å². The fourth-order valence-electron chi connectivity index (χ4n) is 4.07. The van der Waals surface area contributed by atoms with Crippen molar-refractivity contribution in [1.82, 2.24) is 15.5 Å². The van der Waals surface area contributed by atoms with Crippen LogP contribution in [0.25, 0.3) is 0 Å². The number of nitrogens with one attached hydrogen (secondary N) is 2. The van der Waals surface area contributed by atoms with Crippen molar-refractivity contribution in [2.75, 3.05) is 33.9 Å². The van der Waals surface area contributed by atoms with Gasteiger partial charge in [-0.05, 0) is 36.6 Å². The van der Waals surface area contributed by atoms with Crippen LogP contribution in [0.4, 0.5) is 4.79 Å². The first kappa shape index (κ1) is 23.2. The fourth-order valence-corrected chi connectivity index (χ4v) is 4.07. The molecule has 3 amide bonds. The highest BCUT2D eigenvalue weighted by Gasteiger charge is 2.42. The molecule has 0 unspecified atom stereocenters. The Labute approximate surface area is 197 Å². The lowest BCUT2D eigenvalue weighted by molar-refractivity contribution is -0.136. The predicted octanol–water partition coefficient (Wildman–Crippen LogP) is 2.25. The highest BCUT2D eigenvalue weighted by Crippen LogP contribution is 2.35. The van der Waals surface area contributed by atoms with Crippen LogP contribution in [0.2, 0.25) is 0 Å². The van der Waals surface area contributed by atoms with E-state index in [0.29, 0.717) is 35.7 Å². The van der Waals surface area contributed by atoms with Gasteiger partial charge in [-0.2, -0.15) is 0 Å². The zero-order chi connectivity index (χ0) is 24.2. The van der Waals surface area contributed by atoms with Crippen molar-refractivity contribution >= 4 is 17.9 Å². The zero-order valence-corrected chi connectivity index (χ0v) is 19.3. The lowest BCUT2D eigenvalue weighted by atomic mass is 9.95. The molecule has 34 heavy (non-hydrogen) atoms. The molecule has 0 bridgehead atoms. The van der Waals surface area contributed by atoms with Crippen LogP contribution in [0.15, 0.2) is 53.7 Å². The maximum absolute atomic E-state index is 12.9. The lowest BCUT2D eigenvalue weighted by Gasteiger charge is -2.32. The molecule has 4 rings (SSSR count). The number of carbonyl (C=O) groups excluding carboxylic acids is 3. The van der Waals surface area contributed by atoms with E-state index in [-0.39, 0.29) is 19.1 Å². The maximum atomic E-state index is 12.9. The number of ether oxygens (including phenoxy) is 3. The fraction of sp³-hybridized carbons (Fsp3) is 0.320. The number of rotatable bonds is 8. The summed E-state index contributed by atoms with van der Waals surface area (Å²) in [6.45, 7) is 2.08. The molecule has 2 N–H and O–H groups in total. The molecule has 1 atom stereocenters. The van der Waals surface area contributed by atoms with Crippen molar-refractivity contribution in [3.8, 4) is 11.5 Å². The second kappa shape index (κ2) is 9.86. The summed E-state index contributed by atoms with van der Waals surface area (Å²) < 4.78 is 15.8. The number of carbonyl (C=O) groups is 3. The average molecular weight is 466 g/mol. The van der Waals surface area contributed by atoms with E-state index in [1.807, 2.05) is 49.4 Å². The molecule has 2 heterocycles. The van der Waals surface area contributed by atoms with Crippen molar-refractivity contribution in [3.05, 3.63) is 70.4 Å². The Hall–Kier alpha value is -4.01. The van der Waals surface area contributed by atoms with Gasteiger partial charge in [-0.15, -0.1) is 0 Å². The Morgan fingerprint density at radius 3 is 2.56 bits per heavy atom. The number of amides is 3. The summed E-state index contributed by atoms with van der Waals surface area (Å²) in [6.07, 6.45) is 0.573. The van der Waals surface area contributed by atoms with Crippen LogP contribution in [-0.4, -0.2) is 56.7 Å². The average Bonchev–Trinajstić information content (AvgIpc) is 3.22. The molecule has 2 aliphatic heterocycles. The van der Waals surface area contributed by atoms with E-state index < -0.39 is 18.0 Å². The van der Waals surface area contributed by atoms with E-state index in [1.54, 1.807) is 14.2 Å². The Morgan fingerprint density at radius 1 is 1.12 bits per heavy atom. The molecular weight excluding hydrogens is 438 g/mol. The number of methoxy groups -OCH3 is 2. The highest BCUT2D eigenvalue weighted by molar-refractivity contribution is 5.98. The van der Waals surface area contributed by atoms with E-state index in [2.05, 4.69) is 10.6 Å². The van der Waals surface area contributed by atoms with E-state index >= 15 is 0 Å². The summed E-state index contributed by atoms with van der Waals surface area (Å²) in [7, 11) is 3.14. The van der Waals surface area contributed by atoms with E-state index in [9.17, 15) is 14.4 Å². The molecule has 9 heteroatoms. The molecule has 2 aromatic carbocycles. The SMILES string of the molecule is COc1ccc(CCNC(=O)CN2C(=O)N[C@@H](c3ccc(C)cc3)C3=C2COC3=O)cc1OC. The Balaban J connectivity index is 1.42. The minimum absolute atomic E-state index is 0.0388. The van der Waals surface area contributed by atoms with Crippen molar-refractivity contribution in [2.45, 2.75) is 19.4 Å². The van der Waals surface area contributed by atoms with E-state index in [4.69, 9.17) is 14.2 Å². The Bertz CT molecular complexity index is 1140. The minimum Gasteiger partial charge on any atom is -0.493 e. The van der Waals surface area contributed by atoms with Gasteiger partial charge < -0.3 is 24.8 Å². The summed E-state index contributed by atoms with van der Waals surface area (Å²) in [5.74, 6) is 0.424. The van der Waals surface area contributed by atoms with Crippen LogP contribution >= 0.6 is 0 Å². The highest BCUT2D eigenvalue weighted by atomic mass is 16.5. The summed E-state index contributed by atoms with van der Waals surface area (Å²) in [4.78, 5) is 39.2. The van der Waals surface area contributed by atoms with Gasteiger partial charge in [0.15, 0.2) is 11.5 Å². The van der Waals surface area contributed by atoms with Crippen molar-refractivity contribution < 1.29 is 28.6 Å². The van der Waals surface area contributed by atoms with Crippen molar-refractivity contribution in [1.29, 1.82) is 0 Å². The second-order valence-corrected chi connectivity index (χ2v) is 8.11. The number of hydrogen-bond acceptors (Lipinski definition) is 6. The quantitative estimate of drug-likeness (QED) is 0.580. The van der Waals surface area contributed by atoms with Gasteiger partial charge in [0.25, 0.3) is 0 Å². The number of hydrogen-bond donors (Lipinski definition) is 2. The third kappa shape index (κ3) is 4.68. The number of cyclic esters (lactones) is 1. The van der Waals surface area contributed by atoms with Gasteiger partial charge in [0.05, 0.1) is 31.5 Å². The molecule has 0 aliphatic carbocycles. The van der Waals surface area contributed by atoms with Crippen LogP contribution in [0.3, 0.4) is 0 Å². The number of urea groups is 1. The molecule has 2 aromatic rings. The summed E-state index contributed by atoms with van der Waals surface area (Å²) in [5, 5.41) is 5.66. The van der Waals surface area contributed by atoms with Crippen LogP contribution in [0.5, 0.6) is 11.5 Å². The third-order valence-corrected chi connectivity index (χ3v) is 5.89. The maximum Gasteiger partial charge on any atom is 0.338 e. The van der Waals surface area contributed by atoms with E-state index in [0.717, 1.165) is 16.7 Å². The summed E-state index contributed by atoms with van der Waals surface area (Å²) >= 11 is 0. The predicted molar refractivity (Wildman–Crippen MR) is 123 cm³/mol. The third-order valence-electron chi connectivity index (χ3n) is 5.89. The molecule has 0 saturated heterocycles. The van der Waals surface area contributed by atoms with Crippen molar-refractivity contribution in [2.24, 2.45) is 0 Å². The van der Waals surface area contributed by atoms with Crippen LogP contribution < -0.4 is 20.1 Å².